The summed E-state index contributed by atoms with van der Waals surface area (Å²) in [6, 6.07) is 5.74. The van der Waals surface area contributed by atoms with Crippen LogP contribution in [0.5, 0.6) is 0 Å². The lowest BCUT2D eigenvalue weighted by Gasteiger charge is -2.16. The van der Waals surface area contributed by atoms with E-state index in [4.69, 9.17) is 5.73 Å². The van der Waals surface area contributed by atoms with Crippen LogP contribution in [0.15, 0.2) is 29.2 Å². The number of sulfonamides is 1. The molecular weight excluding hydrogens is 278 g/mol. The van der Waals surface area contributed by atoms with E-state index in [1.807, 2.05) is 7.05 Å². The molecule has 6 nitrogen and oxygen atoms in total. The molecule has 0 radical (unpaired) electrons. The normalized spacial score (nSPS) is 20.1. The molecule has 1 atom stereocenters. The summed E-state index contributed by atoms with van der Waals surface area (Å²) < 4.78 is 26.4. The molecule has 1 heterocycles. The van der Waals surface area contributed by atoms with E-state index in [2.05, 4.69) is 5.32 Å². The van der Waals surface area contributed by atoms with Gasteiger partial charge in [-0.2, -0.15) is 4.31 Å². The fraction of sp³-hybridized carbons (Fsp3) is 0.462. The lowest BCUT2D eigenvalue weighted by atomic mass is 10.1. The summed E-state index contributed by atoms with van der Waals surface area (Å²) in [4.78, 5) is 11.2. The van der Waals surface area contributed by atoms with Crippen LogP contribution in [0.4, 0.5) is 0 Å². The first kappa shape index (κ1) is 15.0. The topological polar surface area (TPSA) is 92.5 Å². The van der Waals surface area contributed by atoms with Crippen LogP contribution in [0.1, 0.15) is 16.8 Å². The maximum absolute atomic E-state index is 12.5. The molecule has 1 amide bonds. The summed E-state index contributed by atoms with van der Waals surface area (Å²) in [5, 5.41) is 3.07. The number of benzene rings is 1. The zero-order valence-electron chi connectivity index (χ0n) is 11.4. The molecule has 1 aromatic rings. The van der Waals surface area contributed by atoms with Crippen LogP contribution in [0, 0.1) is 5.92 Å². The van der Waals surface area contributed by atoms with E-state index >= 15 is 0 Å². The number of carbonyl (C=O) groups excluding carboxylic acids is 1. The average Bonchev–Trinajstić information content (AvgIpc) is 2.88. The molecule has 110 valence electrons. The zero-order valence-corrected chi connectivity index (χ0v) is 12.2. The van der Waals surface area contributed by atoms with Crippen molar-refractivity contribution in [3.63, 3.8) is 0 Å². The Bertz CT molecular complexity index is 583. The number of nitrogens with zero attached hydrogens (tertiary/aromatic N) is 1. The number of hydrogen-bond donors (Lipinski definition) is 2. The number of carbonyl (C=O) groups is 1. The second-order valence-electron chi connectivity index (χ2n) is 4.96. The van der Waals surface area contributed by atoms with Crippen molar-refractivity contribution in [2.75, 3.05) is 26.7 Å². The molecule has 1 saturated heterocycles. The van der Waals surface area contributed by atoms with Crippen molar-refractivity contribution in [3.05, 3.63) is 29.8 Å². The average molecular weight is 297 g/mol. The van der Waals surface area contributed by atoms with Gasteiger partial charge in [0.2, 0.25) is 15.9 Å². The molecule has 1 aliphatic heterocycles. The Morgan fingerprint density at radius 1 is 1.40 bits per heavy atom. The van der Waals surface area contributed by atoms with Crippen LogP contribution in [0.2, 0.25) is 0 Å². The van der Waals surface area contributed by atoms with Gasteiger partial charge in [-0.25, -0.2) is 8.42 Å². The summed E-state index contributed by atoms with van der Waals surface area (Å²) in [5.41, 5.74) is 5.44. The number of nitrogens with one attached hydrogen (secondary N) is 1. The Kier molecular flexibility index (Phi) is 4.42. The second kappa shape index (κ2) is 5.90. The van der Waals surface area contributed by atoms with Gasteiger partial charge in [0.25, 0.3) is 0 Å². The largest absolute Gasteiger partial charge is 0.366 e. The highest BCUT2D eigenvalue weighted by atomic mass is 32.2. The first-order chi connectivity index (χ1) is 9.45. The van der Waals surface area contributed by atoms with Crippen LogP contribution >= 0.6 is 0 Å². The first-order valence-electron chi connectivity index (χ1n) is 6.49. The van der Waals surface area contributed by atoms with E-state index in [1.54, 1.807) is 0 Å². The van der Waals surface area contributed by atoms with Gasteiger partial charge < -0.3 is 11.1 Å². The number of hydrogen-bond acceptors (Lipinski definition) is 4. The van der Waals surface area contributed by atoms with Gasteiger partial charge in [-0.05, 0) is 50.2 Å². The third kappa shape index (κ3) is 3.00. The van der Waals surface area contributed by atoms with E-state index < -0.39 is 15.9 Å². The maximum atomic E-state index is 12.5. The highest BCUT2D eigenvalue weighted by Gasteiger charge is 2.32. The van der Waals surface area contributed by atoms with E-state index in [0.717, 1.165) is 13.0 Å². The molecule has 0 aromatic heterocycles. The highest BCUT2D eigenvalue weighted by Crippen LogP contribution is 2.24. The van der Waals surface area contributed by atoms with Crippen LogP contribution in [-0.2, 0) is 10.0 Å². The molecule has 0 spiro atoms. The number of primary amides is 1. The van der Waals surface area contributed by atoms with Gasteiger partial charge in [0.05, 0.1) is 4.90 Å². The van der Waals surface area contributed by atoms with Crippen LogP contribution in [0.3, 0.4) is 0 Å². The fourth-order valence-corrected chi connectivity index (χ4v) is 3.94. The van der Waals surface area contributed by atoms with Crippen molar-refractivity contribution in [2.24, 2.45) is 11.7 Å². The molecule has 0 saturated carbocycles. The highest BCUT2D eigenvalue weighted by molar-refractivity contribution is 7.89. The Morgan fingerprint density at radius 2 is 2.05 bits per heavy atom. The summed E-state index contributed by atoms with van der Waals surface area (Å²) in [6.07, 6.45) is 0.861. The summed E-state index contributed by atoms with van der Waals surface area (Å²) >= 11 is 0. The molecule has 7 heteroatoms. The minimum atomic E-state index is -3.48. The molecule has 2 rings (SSSR count). The first-order valence-corrected chi connectivity index (χ1v) is 7.94. The van der Waals surface area contributed by atoms with Crippen LogP contribution < -0.4 is 11.1 Å². The molecule has 1 aromatic carbocycles. The molecule has 0 aliphatic carbocycles. The van der Waals surface area contributed by atoms with Crippen molar-refractivity contribution < 1.29 is 13.2 Å². The second-order valence-corrected chi connectivity index (χ2v) is 6.90. The molecule has 3 N–H and O–H groups in total. The zero-order chi connectivity index (χ0) is 14.8. The SMILES string of the molecule is CNCC1CCN(S(=O)(=O)c2ccc(C(N)=O)cc2)C1. The van der Waals surface area contributed by atoms with Gasteiger partial charge in [0, 0.05) is 18.7 Å². The number of rotatable bonds is 5. The Morgan fingerprint density at radius 3 is 2.60 bits per heavy atom. The van der Waals surface area contributed by atoms with Gasteiger partial charge in [0.15, 0.2) is 0 Å². The smallest absolute Gasteiger partial charge is 0.248 e. The van der Waals surface area contributed by atoms with Gasteiger partial charge in [-0.1, -0.05) is 0 Å². The van der Waals surface area contributed by atoms with Gasteiger partial charge in [0.1, 0.15) is 0 Å². The van der Waals surface area contributed by atoms with Gasteiger partial charge >= 0.3 is 0 Å². The van der Waals surface area contributed by atoms with E-state index in [1.165, 1.54) is 28.6 Å². The monoisotopic (exact) mass is 297 g/mol. The van der Waals surface area contributed by atoms with E-state index in [0.29, 0.717) is 24.6 Å². The number of nitrogens with two attached hydrogens (primary N) is 1. The van der Waals surface area contributed by atoms with Gasteiger partial charge in [-0.15, -0.1) is 0 Å². The molecule has 20 heavy (non-hydrogen) atoms. The molecule has 1 unspecified atom stereocenters. The third-order valence-electron chi connectivity index (χ3n) is 3.52. The third-order valence-corrected chi connectivity index (χ3v) is 5.40. The minimum Gasteiger partial charge on any atom is -0.366 e. The molecule has 0 bridgehead atoms. The summed E-state index contributed by atoms with van der Waals surface area (Å²) in [7, 11) is -1.62. The predicted molar refractivity (Wildman–Crippen MR) is 75.8 cm³/mol. The Labute approximate surface area is 119 Å². The van der Waals surface area contributed by atoms with Gasteiger partial charge in [-0.3, -0.25) is 4.79 Å². The number of amides is 1. The molecule has 1 aliphatic rings. The predicted octanol–water partition coefficient (Wildman–Crippen LogP) is 0.0155. The summed E-state index contributed by atoms with van der Waals surface area (Å²) in [5.74, 6) is -0.219. The molecular formula is C13H19N3O3S. The molecule has 1 fully saturated rings. The Hall–Kier alpha value is -1.44. The van der Waals surface area contributed by atoms with Crippen LogP contribution in [-0.4, -0.2) is 45.3 Å². The van der Waals surface area contributed by atoms with Crippen molar-refractivity contribution in [2.45, 2.75) is 11.3 Å². The minimum absolute atomic E-state index is 0.201. The Balaban J connectivity index is 2.16. The standard InChI is InChI=1S/C13H19N3O3S/c1-15-8-10-6-7-16(9-10)20(18,19)12-4-2-11(3-5-12)13(14)17/h2-5,10,15H,6-9H2,1H3,(H2,14,17). The lowest BCUT2D eigenvalue weighted by molar-refractivity contribution is 0.1000. The van der Waals surface area contributed by atoms with Crippen molar-refractivity contribution in [1.82, 2.24) is 9.62 Å². The quantitative estimate of drug-likeness (QED) is 0.801. The van der Waals surface area contributed by atoms with E-state index in [9.17, 15) is 13.2 Å². The van der Waals surface area contributed by atoms with Crippen molar-refractivity contribution in [1.29, 1.82) is 0 Å². The van der Waals surface area contributed by atoms with Crippen LogP contribution in [0.25, 0.3) is 0 Å². The lowest BCUT2D eigenvalue weighted by Crippen LogP contribution is -2.30. The van der Waals surface area contributed by atoms with Crippen molar-refractivity contribution in [3.8, 4) is 0 Å². The van der Waals surface area contributed by atoms with E-state index in [-0.39, 0.29) is 4.90 Å². The maximum Gasteiger partial charge on any atom is 0.248 e. The fourth-order valence-electron chi connectivity index (χ4n) is 2.41. The van der Waals surface area contributed by atoms with Crippen molar-refractivity contribution >= 4 is 15.9 Å². The summed E-state index contributed by atoms with van der Waals surface area (Å²) in [6.45, 7) is 1.87.